The fraction of sp³-hybridized carbons (Fsp3) is 0.400. The lowest BCUT2D eigenvalue weighted by molar-refractivity contribution is 0.404. The van der Waals surface area contributed by atoms with Crippen LogP contribution >= 0.6 is 24.0 Å². The number of hydrogen-bond acceptors (Lipinski definition) is 1. The van der Waals surface area contributed by atoms with Crippen molar-refractivity contribution in [2.75, 3.05) is 20.6 Å². The number of halogens is 3. The molecule has 0 N–H and O–H groups in total. The second kappa shape index (κ2) is 6.23. The van der Waals surface area contributed by atoms with E-state index in [1.807, 2.05) is 19.0 Å². The van der Waals surface area contributed by atoms with Crippen molar-refractivity contribution in [1.29, 1.82) is 0 Å². The standard InChI is InChI=1S/C10H13ClFN.ClH/c1-13(2)7-9(11)8-5-3-4-6-10(8)12;/h3-6,9H,7H2,1-2H3;1H. The van der Waals surface area contributed by atoms with Gasteiger partial charge in [-0.2, -0.15) is 0 Å². The van der Waals surface area contributed by atoms with Crippen molar-refractivity contribution in [3.8, 4) is 0 Å². The van der Waals surface area contributed by atoms with Crippen LogP contribution in [-0.2, 0) is 0 Å². The highest BCUT2D eigenvalue weighted by Gasteiger charge is 2.12. The summed E-state index contributed by atoms with van der Waals surface area (Å²) in [7, 11) is 3.83. The summed E-state index contributed by atoms with van der Waals surface area (Å²) in [5, 5.41) is -0.281. The van der Waals surface area contributed by atoms with Crippen LogP contribution in [0, 0.1) is 5.82 Å². The van der Waals surface area contributed by atoms with Gasteiger partial charge in [0.25, 0.3) is 0 Å². The van der Waals surface area contributed by atoms with Crippen LogP contribution in [0.4, 0.5) is 4.39 Å². The molecule has 0 aliphatic heterocycles. The minimum Gasteiger partial charge on any atom is -0.308 e. The quantitative estimate of drug-likeness (QED) is 0.731. The molecule has 1 rings (SSSR count). The molecule has 0 saturated heterocycles. The lowest BCUT2D eigenvalue weighted by Crippen LogP contribution is -2.17. The Labute approximate surface area is 95.3 Å². The molecule has 4 heteroatoms. The molecule has 1 aromatic carbocycles. The van der Waals surface area contributed by atoms with Crippen molar-refractivity contribution in [2.45, 2.75) is 5.38 Å². The van der Waals surface area contributed by atoms with E-state index in [-0.39, 0.29) is 23.6 Å². The van der Waals surface area contributed by atoms with Crippen LogP contribution in [0.5, 0.6) is 0 Å². The maximum absolute atomic E-state index is 13.2. The zero-order valence-corrected chi connectivity index (χ0v) is 9.78. The van der Waals surface area contributed by atoms with Crippen molar-refractivity contribution >= 4 is 24.0 Å². The summed E-state index contributed by atoms with van der Waals surface area (Å²) in [5.74, 6) is -0.232. The molecule has 14 heavy (non-hydrogen) atoms. The van der Waals surface area contributed by atoms with Gasteiger partial charge < -0.3 is 4.90 Å². The van der Waals surface area contributed by atoms with E-state index >= 15 is 0 Å². The average molecular weight is 238 g/mol. The normalized spacial score (nSPS) is 12.4. The highest BCUT2D eigenvalue weighted by atomic mass is 35.5. The van der Waals surface area contributed by atoms with E-state index in [2.05, 4.69) is 0 Å². The van der Waals surface area contributed by atoms with Crippen molar-refractivity contribution in [3.05, 3.63) is 35.6 Å². The zero-order valence-electron chi connectivity index (χ0n) is 8.21. The van der Waals surface area contributed by atoms with Crippen LogP contribution in [0.15, 0.2) is 24.3 Å². The Hall–Kier alpha value is -0.310. The van der Waals surface area contributed by atoms with Gasteiger partial charge in [-0.3, -0.25) is 0 Å². The van der Waals surface area contributed by atoms with Gasteiger partial charge in [0.05, 0.1) is 5.38 Å². The molecular formula is C10H14Cl2FN. The van der Waals surface area contributed by atoms with E-state index in [0.717, 1.165) is 0 Å². The van der Waals surface area contributed by atoms with Gasteiger partial charge in [-0.15, -0.1) is 24.0 Å². The SMILES string of the molecule is CN(C)CC(Cl)c1ccccc1F.Cl. The summed E-state index contributed by atoms with van der Waals surface area (Å²) >= 11 is 6.02. The molecule has 1 nitrogen and oxygen atoms in total. The molecule has 0 saturated carbocycles. The topological polar surface area (TPSA) is 3.24 Å². The summed E-state index contributed by atoms with van der Waals surface area (Å²) in [5.41, 5.74) is 0.567. The molecule has 80 valence electrons. The molecule has 0 heterocycles. The molecule has 0 spiro atoms. The van der Waals surface area contributed by atoms with Gasteiger partial charge >= 0.3 is 0 Å². The van der Waals surface area contributed by atoms with Crippen molar-refractivity contribution in [3.63, 3.8) is 0 Å². The summed E-state index contributed by atoms with van der Waals surface area (Å²) in [6.07, 6.45) is 0. The first-order valence-corrected chi connectivity index (χ1v) is 4.58. The molecule has 0 aromatic heterocycles. The Morgan fingerprint density at radius 2 is 1.93 bits per heavy atom. The van der Waals surface area contributed by atoms with Crippen LogP contribution in [0.2, 0.25) is 0 Å². The van der Waals surface area contributed by atoms with E-state index in [1.165, 1.54) is 6.07 Å². The fourth-order valence-electron chi connectivity index (χ4n) is 1.15. The molecule has 0 bridgehead atoms. The first-order chi connectivity index (χ1) is 6.11. The largest absolute Gasteiger partial charge is 0.308 e. The van der Waals surface area contributed by atoms with Crippen LogP contribution in [-0.4, -0.2) is 25.5 Å². The third-order valence-corrected chi connectivity index (χ3v) is 2.14. The number of rotatable bonds is 3. The third kappa shape index (κ3) is 3.82. The lowest BCUT2D eigenvalue weighted by atomic mass is 10.1. The number of alkyl halides is 1. The number of hydrogen-bond donors (Lipinski definition) is 0. The Balaban J connectivity index is 0.00000169. The second-order valence-electron chi connectivity index (χ2n) is 3.25. The smallest absolute Gasteiger partial charge is 0.127 e. The summed E-state index contributed by atoms with van der Waals surface area (Å²) < 4.78 is 13.2. The van der Waals surface area contributed by atoms with Crippen molar-refractivity contribution in [1.82, 2.24) is 4.90 Å². The number of benzene rings is 1. The molecule has 0 aliphatic carbocycles. The lowest BCUT2D eigenvalue weighted by Gasteiger charge is -2.15. The molecule has 0 amide bonds. The number of likely N-dealkylation sites (N-methyl/N-ethyl adjacent to an activating group) is 1. The van der Waals surface area contributed by atoms with E-state index < -0.39 is 0 Å². The van der Waals surface area contributed by atoms with E-state index in [4.69, 9.17) is 11.6 Å². The zero-order chi connectivity index (χ0) is 9.84. The molecule has 0 radical (unpaired) electrons. The average Bonchev–Trinajstić information content (AvgIpc) is 2.03. The first kappa shape index (κ1) is 13.7. The maximum atomic E-state index is 13.2. The van der Waals surface area contributed by atoms with Gasteiger partial charge in [-0.1, -0.05) is 18.2 Å². The maximum Gasteiger partial charge on any atom is 0.127 e. The molecule has 1 aromatic rings. The van der Waals surface area contributed by atoms with Gasteiger partial charge in [0, 0.05) is 12.1 Å². The predicted molar refractivity (Wildman–Crippen MR) is 60.8 cm³/mol. The number of nitrogens with zero attached hydrogens (tertiary/aromatic N) is 1. The molecule has 0 fully saturated rings. The Bertz CT molecular complexity index is 279. The van der Waals surface area contributed by atoms with Gasteiger partial charge in [0.15, 0.2) is 0 Å². The van der Waals surface area contributed by atoms with Gasteiger partial charge in [-0.05, 0) is 20.2 Å². The molecule has 1 unspecified atom stereocenters. The second-order valence-corrected chi connectivity index (χ2v) is 3.78. The predicted octanol–water partition coefficient (Wildman–Crippen LogP) is 3.09. The molecule has 0 aliphatic rings. The fourth-order valence-corrected chi connectivity index (χ4v) is 1.60. The minimum absolute atomic E-state index is 0. The van der Waals surface area contributed by atoms with Gasteiger partial charge in [0.1, 0.15) is 5.82 Å². The monoisotopic (exact) mass is 237 g/mol. The van der Waals surface area contributed by atoms with Crippen molar-refractivity contribution < 1.29 is 4.39 Å². The highest BCUT2D eigenvalue weighted by molar-refractivity contribution is 6.21. The summed E-state index contributed by atoms with van der Waals surface area (Å²) in [4.78, 5) is 1.93. The highest BCUT2D eigenvalue weighted by Crippen LogP contribution is 2.23. The van der Waals surface area contributed by atoms with E-state index in [9.17, 15) is 4.39 Å². The molecule has 1 atom stereocenters. The third-order valence-electron chi connectivity index (χ3n) is 1.77. The first-order valence-electron chi connectivity index (χ1n) is 4.14. The van der Waals surface area contributed by atoms with E-state index in [1.54, 1.807) is 18.2 Å². The van der Waals surface area contributed by atoms with Crippen LogP contribution in [0.3, 0.4) is 0 Å². The molecular weight excluding hydrogens is 224 g/mol. The van der Waals surface area contributed by atoms with Crippen molar-refractivity contribution in [2.24, 2.45) is 0 Å². The van der Waals surface area contributed by atoms with Crippen LogP contribution in [0.25, 0.3) is 0 Å². The van der Waals surface area contributed by atoms with E-state index in [0.29, 0.717) is 12.1 Å². The summed E-state index contributed by atoms with van der Waals surface area (Å²) in [6.45, 7) is 0.641. The van der Waals surface area contributed by atoms with Crippen LogP contribution < -0.4 is 0 Å². The Morgan fingerprint density at radius 3 is 2.43 bits per heavy atom. The minimum atomic E-state index is -0.281. The Kier molecular flexibility index (Phi) is 6.09. The Morgan fingerprint density at radius 1 is 1.36 bits per heavy atom. The van der Waals surface area contributed by atoms with Gasteiger partial charge in [0.2, 0.25) is 0 Å². The van der Waals surface area contributed by atoms with Gasteiger partial charge in [-0.25, -0.2) is 4.39 Å². The summed E-state index contributed by atoms with van der Waals surface area (Å²) in [6, 6.07) is 6.61. The van der Waals surface area contributed by atoms with Crippen LogP contribution in [0.1, 0.15) is 10.9 Å².